The van der Waals surface area contributed by atoms with E-state index in [9.17, 15) is 13.2 Å². The minimum atomic E-state index is -4.48. The number of nitrogens with zero attached hydrogens (tertiary/aromatic N) is 2. The van der Waals surface area contributed by atoms with E-state index in [1.54, 1.807) is 0 Å². The summed E-state index contributed by atoms with van der Waals surface area (Å²) in [5, 5.41) is 3.73. The van der Waals surface area contributed by atoms with Crippen LogP contribution in [0.1, 0.15) is 11.1 Å². The number of hydrogen-bond acceptors (Lipinski definition) is 3. The molecule has 0 radical (unpaired) electrons. The molecule has 3 nitrogen and oxygen atoms in total. The van der Waals surface area contributed by atoms with Crippen LogP contribution >= 0.6 is 27.5 Å². The second kappa shape index (κ2) is 6.44. The number of hydrazone groups is 1. The highest BCUT2D eigenvalue weighted by atomic mass is 79.9. The molecule has 0 amide bonds. The molecule has 21 heavy (non-hydrogen) atoms. The largest absolute Gasteiger partial charge is 0.417 e. The van der Waals surface area contributed by atoms with Crippen molar-refractivity contribution in [3.8, 4) is 0 Å². The fourth-order valence-corrected chi connectivity index (χ4v) is 2.01. The number of aromatic nitrogens is 1. The lowest BCUT2D eigenvalue weighted by atomic mass is 10.2. The minimum Gasteiger partial charge on any atom is -0.260 e. The van der Waals surface area contributed by atoms with Crippen LogP contribution in [0.25, 0.3) is 0 Å². The maximum absolute atomic E-state index is 12.5. The lowest BCUT2D eigenvalue weighted by Crippen LogP contribution is -2.06. The second-order valence-electron chi connectivity index (χ2n) is 3.94. The Balaban J connectivity index is 2.12. The lowest BCUT2D eigenvalue weighted by molar-refractivity contribution is -0.137. The summed E-state index contributed by atoms with van der Waals surface area (Å²) in [7, 11) is 0. The summed E-state index contributed by atoms with van der Waals surface area (Å²) in [4.78, 5) is 3.61. The molecule has 0 saturated carbocycles. The van der Waals surface area contributed by atoms with Gasteiger partial charge in [0.25, 0.3) is 0 Å². The first-order valence-corrected chi connectivity index (χ1v) is 6.81. The molecule has 1 N–H and O–H groups in total. The van der Waals surface area contributed by atoms with Gasteiger partial charge in [-0.25, -0.2) is 4.98 Å². The Hall–Kier alpha value is -1.60. The zero-order valence-electron chi connectivity index (χ0n) is 10.3. The fourth-order valence-electron chi connectivity index (χ4n) is 1.42. The van der Waals surface area contributed by atoms with Crippen LogP contribution in [0.5, 0.6) is 0 Å². The standard InChI is InChI=1S/C13H8BrClF3N3/c14-10-4-2-1-3-8(10)6-20-21-12-11(15)5-9(7-19-12)13(16,17)18/h1-7H,(H,19,21)/b20-6-. The van der Waals surface area contributed by atoms with Crippen LogP contribution in [0.2, 0.25) is 5.02 Å². The summed E-state index contributed by atoms with van der Waals surface area (Å²) in [6, 6.07) is 8.13. The van der Waals surface area contributed by atoms with Crippen molar-refractivity contribution in [3.05, 3.63) is 57.2 Å². The van der Waals surface area contributed by atoms with Gasteiger partial charge >= 0.3 is 6.18 Å². The lowest BCUT2D eigenvalue weighted by Gasteiger charge is -2.08. The Labute approximate surface area is 132 Å². The van der Waals surface area contributed by atoms with Crippen molar-refractivity contribution in [2.24, 2.45) is 5.10 Å². The molecule has 0 fully saturated rings. The van der Waals surface area contributed by atoms with Gasteiger partial charge in [0.05, 0.1) is 16.8 Å². The molecule has 1 heterocycles. The van der Waals surface area contributed by atoms with E-state index < -0.39 is 11.7 Å². The highest BCUT2D eigenvalue weighted by Gasteiger charge is 2.31. The van der Waals surface area contributed by atoms with Crippen LogP contribution in [0.4, 0.5) is 19.0 Å². The van der Waals surface area contributed by atoms with Crippen LogP contribution in [0, 0.1) is 0 Å². The summed E-state index contributed by atoms with van der Waals surface area (Å²) < 4.78 is 38.2. The highest BCUT2D eigenvalue weighted by Crippen LogP contribution is 2.32. The molecule has 0 atom stereocenters. The summed E-state index contributed by atoms with van der Waals surface area (Å²) in [5.74, 6) is 0.0490. The number of alkyl halides is 3. The average molecular weight is 379 g/mol. The number of rotatable bonds is 3. The third-order valence-electron chi connectivity index (χ3n) is 2.45. The Kier molecular flexibility index (Phi) is 4.84. The quantitative estimate of drug-likeness (QED) is 0.605. The molecule has 0 saturated heterocycles. The smallest absolute Gasteiger partial charge is 0.260 e. The third-order valence-corrected chi connectivity index (χ3v) is 3.46. The van der Waals surface area contributed by atoms with Crippen LogP contribution in [-0.2, 0) is 6.18 Å². The van der Waals surface area contributed by atoms with Crippen LogP contribution in [-0.4, -0.2) is 11.2 Å². The van der Waals surface area contributed by atoms with Crippen molar-refractivity contribution in [1.82, 2.24) is 4.98 Å². The van der Waals surface area contributed by atoms with E-state index in [1.807, 2.05) is 24.3 Å². The first kappa shape index (κ1) is 15.8. The number of benzene rings is 1. The Bertz CT molecular complexity index is 674. The number of hydrogen-bond donors (Lipinski definition) is 1. The summed E-state index contributed by atoms with van der Waals surface area (Å²) in [6.07, 6.45) is -2.28. The molecular formula is C13H8BrClF3N3. The van der Waals surface area contributed by atoms with E-state index in [2.05, 4.69) is 31.4 Å². The van der Waals surface area contributed by atoms with Gasteiger partial charge in [-0.05, 0) is 12.1 Å². The van der Waals surface area contributed by atoms with E-state index in [-0.39, 0.29) is 10.8 Å². The molecule has 0 bridgehead atoms. The van der Waals surface area contributed by atoms with Crippen LogP contribution in [0.15, 0.2) is 46.1 Å². The van der Waals surface area contributed by atoms with Crippen molar-refractivity contribution in [2.75, 3.05) is 5.43 Å². The predicted octanol–water partition coefficient (Wildman–Crippen LogP) is 4.96. The van der Waals surface area contributed by atoms with E-state index in [1.165, 1.54) is 6.21 Å². The van der Waals surface area contributed by atoms with Gasteiger partial charge in [-0.15, -0.1) is 0 Å². The minimum absolute atomic E-state index is 0.0490. The van der Waals surface area contributed by atoms with Crippen molar-refractivity contribution in [2.45, 2.75) is 6.18 Å². The molecule has 110 valence electrons. The topological polar surface area (TPSA) is 37.3 Å². The van der Waals surface area contributed by atoms with Gasteiger partial charge in [0.15, 0.2) is 5.82 Å². The van der Waals surface area contributed by atoms with Gasteiger partial charge in [-0.3, -0.25) is 5.43 Å². The maximum Gasteiger partial charge on any atom is 0.417 e. The van der Waals surface area contributed by atoms with Crippen molar-refractivity contribution in [3.63, 3.8) is 0 Å². The Morgan fingerprint density at radius 3 is 2.62 bits per heavy atom. The third kappa shape index (κ3) is 4.18. The molecular weight excluding hydrogens is 371 g/mol. The summed E-state index contributed by atoms with van der Waals surface area (Å²) in [6.45, 7) is 0. The van der Waals surface area contributed by atoms with Crippen LogP contribution < -0.4 is 5.43 Å². The van der Waals surface area contributed by atoms with Crippen LogP contribution in [0.3, 0.4) is 0 Å². The molecule has 0 aliphatic carbocycles. The maximum atomic E-state index is 12.5. The van der Waals surface area contributed by atoms with Gasteiger partial charge in [0, 0.05) is 16.2 Å². The second-order valence-corrected chi connectivity index (χ2v) is 5.21. The van der Waals surface area contributed by atoms with Crippen molar-refractivity contribution < 1.29 is 13.2 Å². The molecule has 0 spiro atoms. The molecule has 1 aromatic heterocycles. The molecule has 8 heteroatoms. The van der Waals surface area contributed by atoms with Gasteiger partial charge in [-0.1, -0.05) is 45.7 Å². The van der Waals surface area contributed by atoms with E-state index in [4.69, 9.17) is 11.6 Å². The number of pyridine rings is 1. The number of halogens is 5. The molecule has 0 unspecified atom stereocenters. The number of nitrogens with one attached hydrogen (secondary N) is 1. The molecule has 1 aromatic carbocycles. The highest BCUT2D eigenvalue weighted by molar-refractivity contribution is 9.10. The Morgan fingerprint density at radius 2 is 2.00 bits per heavy atom. The summed E-state index contributed by atoms with van der Waals surface area (Å²) in [5.41, 5.74) is 2.40. The van der Waals surface area contributed by atoms with Gasteiger partial charge in [0.2, 0.25) is 0 Å². The average Bonchev–Trinajstić information content (AvgIpc) is 2.41. The first-order valence-electron chi connectivity index (χ1n) is 5.64. The van der Waals surface area contributed by atoms with E-state index >= 15 is 0 Å². The zero-order chi connectivity index (χ0) is 15.5. The normalized spacial score (nSPS) is 11.9. The molecule has 2 aromatic rings. The monoisotopic (exact) mass is 377 g/mol. The van der Waals surface area contributed by atoms with Gasteiger partial charge in [0.1, 0.15) is 0 Å². The van der Waals surface area contributed by atoms with Crippen molar-refractivity contribution >= 4 is 39.6 Å². The van der Waals surface area contributed by atoms with E-state index in [0.717, 1.165) is 16.1 Å². The molecule has 2 rings (SSSR count). The Morgan fingerprint density at radius 1 is 1.29 bits per heavy atom. The molecule has 0 aliphatic heterocycles. The summed E-state index contributed by atoms with van der Waals surface area (Å²) >= 11 is 9.08. The zero-order valence-corrected chi connectivity index (χ0v) is 12.7. The molecule has 0 aliphatic rings. The number of anilines is 1. The first-order chi connectivity index (χ1) is 9.88. The van der Waals surface area contributed by atoms with E-state index in [0.29, 0.717) is 6.20 Å². The fraction of sp³-hybridized carbons (Fsp3) is 0.0769. The predicted molar refractivity (Wildman–Crippen MR) is 79.6 cm³/mol. The van der Waals surface area contributed by atoms with Crippen molar-refractivity contribution in [1.29, 1.82) is 0 Å². The SMILES string of the molecule is FC(F)(F)c1cnc(N/N=C\c2ccccc2Br)c(Cl)c1. The van der Waals surface area contributed by atoms with Gasteiger partial charge < -0.3 is 0 Å². The van der Waals surface area contributed by atoms with Gasteiger partial charge in [-0.2, -0.15) is 18.3 Å².